The van der Waals surface area contributed by atoms with E-state index in [0.717, 1.165) is 18.0 Å². The summed E-state index contributed by atoms with van der Waals surface area (Å²) in [5.41, 5.74) is 13.3. The van der Waals surface area contributed by atoms with Gasteiger partial charge >= 0.3 is 0 Å². The first-order valence-corrected chi connectivity index (χ1v) is 7.83. The number of nitrogens with two attached hydrogens (primary N) is 2. The van der Waals surface area contributed by atoms with Crippen molar-refractivity contribution in [2.75, 3.05) is 45.4 Å². The van der Waals surface area contributed by atoms with E-state index in [1.54, 1.807) is 18.9 Å². The molecule has 1 aromatic rings. The second-order valence-corrected chi connectivity index (χ2v) is 5.84. The van der Waals surface area contributed by atoms with Crippen molar-refractivity contribution >= 4 is 23.1 Å². The molecule has 21 heavy (non-hydrogen) atoms. The van der Waals surface area contributed by atoms with Crippen LogP contribution in [0.1, 0.15) is 13.8 Å². The smallest absolute Gasteiger partial charge is 0.189 e. The largest absolute Gasteiger partial charge is 0.491 e. The van der Waals surface area contributed by atoms with Crippen molar-refractivity contribution in [3.63, 3.8) is 0 Å². The van der Waals surface area contributed by atoms with Crippen LogP contribution >= 0.6 is 11.8 Å². The summed E-state index contributed by atoms with van der Waals surface area (Å²) in [6, 6.07) is 0. The van der Waals surface area contributed by atoms with Crippen LogP contribution in [-0.2, 0) is 0 Å². The van der Waals surface area contributed by atoms with Crippen LogP contribution in [0.2, 0.25) is 0 Å². The van der Waals surface area contributed by atoms with Gasteiger partial charge in [0.05, 0.1) is 30.2 Å². The number of ether oxygens (including phenoxy) is 3. The van der Waals surface area contributed by atoms with Gasteiger partial charge in [-0.2, -0.15) is 0 Å². The first kappa shape index (κ1) is 15.9. The average Bonchev–Trinajstić information content (AvgIpc) is 2.51. The standard InChI is InChI=1S/C14H23N3O3S/c1-5-17(6-2)8-7-20-13-9(15)11(18-3)12(19-4)10(16)14(13)21-8/h8H,5-7,15-16H2,1-4H3. The van der Waals surface area contributed by atoms with Crippen LogP contribution in [-0.4, -0.2) is 44.2 Å². The number of likely N-dealkylation sites (N-methyl/N-ethyl adjacent to an activating group) is 1. The van der Waals surface area contributed by atoms with Crippen molar-refractivity contribution in [3.05, 3.63) is 0 Å². The number of anilines is 2. The predicted molar refractivity (Wildman–Crippen MR) is 86.4 cm³/mol. The number of fused-ring (bicyclic) bond motifs is 1. The van der Waals surface area contributed by atoms with Crippen molar-refractivity contribution in [2.24, 2.45) is 0 Å². The molecular weight excluding hydrogens is 290 g/mol. The lowest BCUT2D eigenvalue weighted by Crippen LogP contribution is -2.38. The predicted octanol–water partition coefficient (Wildman–Crippen LogP) is 2.02. The maximum absolute atomic E-state index is 6.23. The lowest BCUT2D eigenvalue weighted by Gasteiger charge is -2.34. The van der Waals surface area contributed by atoms with Crippen LogP contribution in [0.25, 0.3) is 0 Å². The van der Waals surface area contributed by atoms with Gasteiger partial charge < -0.3 is 25.7 Å². The Morgan fingerprint density at radius 2 is 1.71 bits per heavy atom. The molecule has 2 rings (SSSR count). The van der Waals surface area contributed by atoms with Crippen LogP contribution in [0.4, 0.5) is 11.4 Å². The van der Waals surface area contributed by atoms with Crippen LogP contribution < -0.4 is 25.7 Å². The van der Waals surface area contributed by atoms with Gasteiger partial charge in [0, 0.05) is 0 Å². The van der Waals surface area contributed by atoms with Gasteiger partial charge in [-0.1, -0.05) is 25.6 Å². The molecule has 0 radical (unpaired) electrons. The van der Waals surface area contributed by atoms with Gasteiger partial charge in [-0.15, -0.1) is 0 Å². The summed E-state index contributed by atoms with van der Waals surface area (Å²) < 4.78 is 16.5. The third-order valence-electron chi connectivity index (χ3n) is 3.64. The number of hydrogen-bond acceptors (Lipinski definition) is 7. The van der Waals surface area contributed by atoms with Crippen LogP contribution in [0.5, 0.6) is 17.2 Å². The van der Waals surface area contributed by atoms with E-state index in [1.165, 1.54) is 7.11 Å². The maximum Gasteiger partial charge on any atom is 0.189 e. The quantitative estimate of drug-likeness (QED) is 0.805. The molecule has 0 aliphatic carbocycles. The van der Waals surface area contributed by atoms with Gasteiger partial charge in [0.25, 0.3) is 0 Å². The molecule has 0 fully saturated rings. The van der Waals surface area contributed by atoms with E-state index >= 15 is 0 Å². The van der Waals surface area contributed by atoms with Crippen molar-refractivity contribution in [1.82, 2.24) is 4.90 Å². The van der Waals surface area contributed by atoms with Gasteiger partial charge in [0.1, 0.15) is 12.3 Å². The van der Waals surface area contributed by atoms with E-state index < -0.39 is 0 Å². The summed E-state index contributed by atoms with van der Waals surface area (Å²) in [5, 5.41) is 0.215. The Morgan fingerprint density at radius 1 is 1.14 bits per heavy atom. The van der Waals surface area contributed by atoms with E-state index in [-0.39, 0.29) is 5.37 Å². The fourth-order valence-corrected chi connectivity index (χ4v) is 3.85. The molecule has 118 valence electrons. The molecule has 0 amide bonds. The Kier molecular flexibility index (Phi) is 4.95. The number of rotatable bonds is 5. The van der Waals surface area contributed by atoms with Gasteiger partial charge in [-0.25, -0.2) is 0 Å². The van der Waals surface area contributed by atoms with E-state index in [2.05, 4.69) is 18.7 Å². The highest BCUT2D eigenvalue weighted by Crippen LogP contribution is 2.54. The summed E-state index contributed by atoms with van der Waals surface area (Å²) in [4.78, 5) is 3.15. The minimum Gasteiger partial charge on any atom is -0.491 e. The zero-order valence-electron chi connectivity index (χ0n) is 12.9. The van der Waals surface area contributed by atoms with E-state index in [9.17, 15) is 0 Å². The fraction of sp³-hybridized carbons (Fsp3) is 0.571. The average molecular weight is 313 g/mol. The highest BCUT2D eigenvalue weighted by Gasteiger charge is 2.32. The van der Waals surface area contributed by atoms with E-state index in [4.69, 9.17) is 25.7 Å². The summed E-state index contributed by atoms with van der Waals surface area (Å²) >= 11 is 1.66. The van der Waals surface area contributed by atoms with Crippen LogP contribution in [0.15, 0.2) is 4.90 Å². The number of thioether (sulfide) groups is 1. The molecule has 6 nitrogen and oxygen atoms in total. The lowest BCUT2D eigenvalue weighted by molar-refractivity contribution is 0.192. The zero-order chi connectivity index (χ0) is 15.6. The molecule has 1 atom stereocenters. The first-order chi connectivity index (χ1) is 10.1. The summed E-state index contributed by atoms with van der Waals surface area (Å²) in [6.45, 7) is 6.74. The van der Waals surface area contributed by atoms with Crippen LogP contribution in [0.3, 0.4) is 0 Å². The van der Waals surface area contributed by atoms with E-state index in [0.29, 0.717) is 35.2 Å². The zero-order valence-corrected chi connectivity index (χ0v) is 13.8. The second-order valence-electron chi connectivity index (χ2n) is 4.66. The molecule has 1 heterocycles. The molecule has 0 spiro atoms. The summed E-state index contributed by atoms with van der Waals surface area (Å²) in [6.07, 6.45) is 0. The van der Waals surface area contributed by atoms with E-state index in [1.807, 2.05) is 0 Å². The Hall–Kier alpha value is -1.47. The van der Waals surface area contributed by atoms with Crippen molar-refractivity contribution in [1.29, 1.82) is 0 Å². The molecule has 0 aromatic heterocycles. The van der Waals surface area contributed by atoms with Gasteiger partial charge in [0.2, 0.25) is 0 Å². The van der Waals surface area contributed by atoms with Gasteiger partial charge in [-0.3, -0.25) is 4.90 Å². The molecule has 0 bridgehead atoms. The summed E-state index contributed by atoms with van der Waals surface area (Å²) in [5.74, 6) is 1.49. The van der Waals surface area contributed by atoms with Crippen LogP contribution in [0, 0.1) is 0 Å². The SMILES string of the molecule is CCN(CC)C1COc2c(N)c(OC)c(OC)c(N)c2S1. The minimum atomic E-state index is 0.215. The number of benzene rings is 1. The summed E-state index contributed by atoms with van der Waals surface area (Å²) in [7, 11) is 3.09. The van der Waals surface area contributed by atoms with Crippen molar-refractivity contribution in [3.8, 4) is 17.2 Å². The highest BCUT2D eigenvalue weighted by molar-refractivity contribution is 8.00. The second kappa shape index (κ2) is 6.53. The topological polar surface area (TPSA) is 83.0 Å². The number of nitrogens with zero attached hydrogens (tertiary/aromatic N) is 1. The van der Waals surface area contributed by atoms with Gasteiger partial charge in [0.15, 0.2) is 17.2 Å². The molecule has 7 heteroatoms. The highest BCUT2D eigenvalue weighted by atomic mass is 32.2. The molecule has 4 N–H and O–H groups in total. The molecule has 1 aromatic carbocycles. The molecule has 0 saturated heterocycles. The normalized spacial score (nSPS) is 17.3. The Balaban J connectivity index is 2.46. The van der Waals surface area contributed by atoms with Gasteiger partial charge in [-0.05, 0) is 13.1 Å². The Bertz CT molecular complexity index is 521. The number of methoxy groups -OCH3 is 2. The Morgan fingerprint density at radius 3 is 2.24 bits per heavy atom. The third kappa shape index (κ3) is 2.67. The third-order valence-corrected chi connectivity index (χ3v) is 4.99. The number of hydrogen-bond donors (Lipinski definition) is 2. The monoisotopic (exact) mass is 313 g/mol. The molecule has 0 saturated carbocycles. The lowest BCUT2D eigenvalue weighted by atomic mass is 10.2. The molecular formula is C14H23N3O3S. The molecule has 1 aliphatic heterocycles. The van der Waals surface area contributed by atoms with Crippen molar-refractivity contribution in [2.45, 2.75) is 24.1 Å². The fourth-order valence-electron chi connectivity index (χ4n) is 2.50. The maximum atomic E-state index is 6.23. The number of nitrogen functional groups attached to an aromatic ring is 2. The molecule has 1 unspecified atom stereocenters. The molecule has 1 aliphatic rings. The minimum absolute atomic E-state index is 0.215. The first-order valence-electron chi connectivity index (χ1n) is 6.95. The van der Waals surface area contributed by atoms with Crippen molar-refractivity contribution < 1.29 is 14.2 Å². The Labute approximate surface area is 129 Å².